The minimum Gasteiger partial charge on any atom is -0.489 e. The molecule has 0 amide bonds. The van der Waals surface area contributed by atoms with E-state index >= 15 is 0 Å². The van der Waals surface area contributed by atoms with Crippen molar-refractivity contribution in [3.05, 3.63) is 42.0 Å². The molecule has 0 aliphatic heterocycles. The van der Waals surface area contributed by atoms with Crippen LogP contribution in [0.3, 0.4) is 0 Å². The van der Waals surface area contributed by atoms with E-state index in [0.717, 1.165) is 24.1 Å². The quantitative estimate of drug-likeness (QED) is 0.614. The van der Waals surface area contributed by atoms with E-state index in [2.05, 4.69) is 34.2 Å². The van der Waals surface area contributed by atoms with Crippen LogP contribution in [-0.2, 0) is 13.6 Å². The predicted octanol–water partition coefficient (Wildman–Crippen LogP) is 1.99. The van der Waals surface area contributed by atoms with Gasteiger partial charge in [-0.2, -0.15) is 5.10 Å². The average Bonchev–Trinajstić information content (AvgIpc) is 2.98. The summed E-state index contributed by atoms with van der Waals surface area (Å²) in [6.07, 6.45) is 1.55. The maximum absolute atomic E-state index is 5.92. The molecule has 0 aliphatic carbocycles. The van der Waals surface area contributed by atoms with Crippen LogP contribution >= 0.6 is 0 Å². The molecule has 0 bridgehead atoms. The van der Waals surface area contributed by atoms with Gasteiger partial charge in [-0.1, -0.05) is 17.7 Å². The number of hydrogen-bond acceptors (Lipinski definition) is 4. The molecule has 0 radical (unpaired) electrons. The molecule has 7 heteroatoms. The summed E-state index contributed by atoms with van der Waals surface area (Å²) in [4.78, 5) is 11.0. The van der Waals surface area contributed by atoms with Crippen LogP contribution in [0, 0.1) is 6.92 Å². The number of aryl methyl sites for hydroxylation is 2. The van der Waals surface area contributed by atoms with Gasteiger partial charge in [-0.25, -0.2) is 9.98 Å². The average molecular weight is 344 g/mol. The van der Waals surface area contributed by atoms with Crippen LogP contribution in [0.4, 0.5) is 0 Å². The summed E-state index contributed by atoms with van der Waals surface area (Å²) >= 11 is 0. The molecule has 1 aromatic heterocycles. The number of nitrogens with zero attached hydrogens (tertiary/aromatic N) is 5. The molecule has 2 aromatic rings. The minimum atomic E-state index is -0.0143. The van der Waals surface area contributed by atoms with Crippen LogP contribution in [-0.4, -0.2) is 51.9 Å². The Bertz CT molecular complexity index is 679. The Labute approximate surface area is 149 Å². The first-order valence-electron chi connectivity index (χ1n) is 8.55. The van der Waals surface area contributed by atoms with Gasteiger partial charge in [0, 0.05) is 20.6 Å². The van der Waals surface area contributed by atoms with Crippen molar-refractivity contribution in [1.82, 2.24) is 25.0 Å². The molecule has 2 rings (SSSR count). The van der Waals surface area contributed by atoms with E-state index in [1.54, 1.807) is 11.0 Å². The van der Waals surface area contributed by atoms with Crippen molar-refractivity contribution in [3.8, 4) is 5.75 Å². The predicted molar refractivity (Wildman–Crippen MR) is 99.7 cm³/mol. The molecule has 1 atom stereocenters. The highest BCUT2D eigenvalue weighted by Crippen LogP contribution is 2.13. The number of nitrogens with one attached hydrogen (secondary N) is 1. The molecule has 1 unspecified atom stereocenters. The fraction of sp³-hybridized carbons (Fsp3) is 0.500. The largest absolute Gasteiger partial charge is 0.489 e. The van der Waals surface area contributed by atoms with Gasteiger partial charge in [-0.3, -0.25) is 4.68 Å². The zero-order valence-corrected chi connectivity index (χ0v) is 15.7. The van der Waals surface area contributed by atoms with Gasteiger partial charge in [0.15, 0.2) is 5.96 Å². The van der Waals surface area contributed by atoms with E-state index in [9.17, 15) is 0 Å². The lowest BCUT2D eigenvalue weighted by molar-refractivity contribution is 0.229. The van der Waals surface area contributed by atoms with Gasteiger partial charge in [0.2, 0.25) is 0 Å². The van der Waals surface area contributed by atoms with Gasteiger partial charge >= 0.3 is 0 Å². The summed E-state index contributed by atoms with van der Waals surface area (Å²) in [5, 5.41) is 7.40. The number of ether oxygens (including phenoxy) is 1. The monoisotopic (exact) mass is 344 g/mol. The van der Waals surface area contributed by atoms with Crippen molar-refractivity contribution in [2.45, 2.75) is 33.4 Å². The lowest BCUT2D eigenvalue weighted by atomic mass is 10.2. The zero-order valence-electron chi connectivity index (χ0n) is 15.7. The molecule has 0 saturated carbocycles. The Hall–Kier alpha value is -2.57. The molecule has 1 heterocycles. The third-order valence-electron chi connectivity index (χ3n) is 3.74. The van der Waals surface area contributed by atoms with Gasteiger partial charge in [-0.15, -0.1) is 0 Å². The van der Waals surface area contributed by atoms with E-state index in [1.807, 2.05) is 50.2 Å². The van der Waals surface area contributed by atoms with Crippen LogP contribution in [0.15, 0.2) is 35.6 Å². The zero-order chi connectivity index (χ0) is 18.2. The van der Waals surface area contributed by atoms with Crippen molar-refractivity contribution in [3.63, 3.8) is 0 Å². The van der Waals surface area contributed by atoms with Crippen LogP contribution in [0.1, 0.15) is 25.2 Å². The third-order valence-corrected chi connectivity index (χ3v) is 3.74. The topological polar surface area (TPSA) is 67.6 Å². The standard InChI is InChI=1S/C18H28N6O/c1-6-19-18(23(4)12-17-21-13-22-24(17)5)20-11-15(3)25-16-9-7-14(2)8-10-16/h7-10,13,15H,6,11-12H2,1-5H3,(H,19,20). The first-order chi connectivity index (χ1) is 12.0. The van der Waals surface area contributed by atoms with E-state index in [0.29, 0.717) is 13.1 Å². The number of rotatable bonds is 7. The molecule has 0 spiro atoms. The van der Waals surface area contributed by atoms with Gasteiger partial charge in [-0.05, 0) is 32.9 Å². The van der Waals surface area contributed by atoms with Crippen molar-refractivity contribution >= 4 is 5.96 Å². The minimum absolute atomic E-state index is 0.0143. The summed E-state index contributed by atoms with van der Waals surface area (Å²) in [6, 6.07) is 8.07. The van der Waals surface area contributed by atoms with E-state index in [-0.39, 0.29) is 6.10 Å². The Morgan fingerprint density at radius 1 is 1.36 bits per heavy atom. The molecule has 1 N–H and O–H groups in total. The van der Waals surface area contributed by atoms with Crippen molar-refractivity contribution in [2.75, 3.05) is 20.1 Å². The van der Waals surface area contributed by atoms with Crippen LogP contribution in [0.25, 0.3) is 0 Å². The first-order valence-corrected chi connectivity index (χ1v) is 8.55. The van der Waals surface area contributed by atoms with E-state index in [1.165, 1.54) is 5.56 Å². The SMILES string of the molecule is CCNC(=NCC(C)Oc1ccc(C)cc1)N(C)Cc1ncnn1C. The number of aliphatic imine (C=N–C) groups is 1. The lowest BCUT2D eigenvalue weighted by Crippen LogP contribution is -2.39. The van der Waals surface area contributed by atoms with E-state index in [4.69, 9.17) is 4.74 Å². The molecule has 0 saturated heterocycles. The van der Waals surface area contributed by atoms with Crippen molar-refractivity contribution in [1.29, 1.82) is 0 Å². The molecule has 136 valence electrons. The van der Waals surface area contributed by atoms with Crippen molar-refractivity contribution < 1.29 is 4.74 Å². The highest BCUT2D eigenvalue weighted by molar-refractivity contribution is 5.79. The second-order valence-electron chi connectivity index (χ2n) is 6.09. The lowest BCUT2D eigenvalue weighted by Gasteiger charge is -2.22. The number of aromatic nitrogens is 3. The molecular weight excluding hydrogens is 316 g/mol. The highest BCUT2D eigenvalue weighted by Gasteiger charge is 2.11. The van der Waals surface area contributed by atoms with Gasteiger partial charge < -0.3 is 15.0 Å². The Morgan fingerprint density at radius 2 is 2.08 bits per heavy atom. The number of guanidine groups is 1. The van der Waals surface area contributed by atoms with Crippen LogP contribution < -0.4 is 10.1 Å². The fourth-order valence-electron chi connectivity index (χ4n) is 2.32. The van der Waals surface area contributed by atoms with E-state index < -0.39 is 0 Å². The Kier molecular flexibility index (Phi) is 6.80. The maximum atomic E-state index is 5.92. The molecule has 0 fully saturated rings. The Morgan fingerprint density at radius 3 is 2.68 bits per heavy atom. The first kappa shape index (κ1) is 18.8. The second kappa shape index (κ2) is 9.05. The maximum Gasteiger partial charge on any atom is 0.194 e. The summed E-state index contributed by atoms with van der Waals surface area (Å²) in [5.41, 5.74) is 1.22. The summed E-state index contributed by atoms with van der Waals surface area (Å²) in [6.45, 7) is 8.14. The normalized spacial score (nSPS) is 12.8. The Balaban J connectivity index is 1.95. The molecular formula is C18H28N6O. The fourth-order valence-corrected chi connectivity index (χ4v) is 2.32. The molecule has 25 heavy (non-hydrogen) atoms. The smallest absolute Gasteiger partial charge is 0.194 e. The van der Waals surface area contributed by atoms with Crippen molar-refractivity contribution in [2.24, 2.45) is 12.0 Å². The number of hydrogen-bond donors (Lipinski definition) is 1. The summed E-state index contributed by atoms with van der Waals surface area (Å²) in [7, 11) is 3.87. The highest BCUT2D eigenvalue weighted by atomic mass is 16.5. The second-order valence-corrected chi connectivity index (χ2v) is 6.09. The molecule has 1 aromatic carbocycles. The summed E-state index contributed by atoms with van der Waals surface area (Å²) in [5.74, 6) is 2.58. The number of benzene rings is 1. The molecule has 7 nitrogen and oxygen atoms in total. The third kappa shape index (κ3) is 5.77. The van der Waals surface area contributed by atoms with Gasteiger partial charge in [0.05, 0.1) is 13.1 Å². The van der Waals surface area contributed by atoms with Gasteiger partial charge in [0.1, 0.15) is 24.0 Å². The van der Waals surface area contributed by atoms with Crippen LogP contribution in [0.5, 0.6) is 5.75 Å². The van der Waals surface area contributed by atoms with Crippen LogP contribution in [0.2, 0.25) is 0 Å². The summed E-state index contributed by atoms with van der Waals surface area (Å²) < 4.78 is 7.69. The molecule has 0 aliphatic rings. The van der Waals surface area contributed by atoms with Gasteiger partial charge in [0.25, 0.3) is 0 Å².